The van der Waals surface area contributed by atoms with Crippen molar-refractivity contribution in [1.29, 1.82) is 0 Å². The van der Waals surface area contributed by atoms with Gasteiger partial charge in [0.15, 0.2) is 0 Å². The summed E-state index contributed by atoms with van der Waals surface area (Å²) in [6.45, 7) is 1.53. The second kappa shape index (κ2) is 8.31. The zero-order chi connectivity index (χ0) is 23.3. The Bertz CT molecular complexity index is 977. The maximum Gasteiger partial charge on any atom is 0.416 e. The van der Waals surface area contributed by atoms with Crippen molar-refractivity contribution in [3.8, 4) is 5.75 Å². The summed E-state index contributed by atoms with van der Waals surface area (Å²) in [4.78, 5) is 0. The van der Waals surface area contributed by atoms with Crippen LogP contribution in [0.25, 0.3) is 0 Å². The molecule has 0 radical (unpaired) electrons. The number of ether oxygens (including phenoxy) is 2. The minimum Gasteiger partial charge on any atom is -0.493 e. The second-order valence-electron chi connectivity index (χ2n) is 8.39. The number of benzene rings is 2. The van der Waals surface area contributed by atoms with E-state index in [4.69, 9.17) is 9.47 Å². The first kappa shape index (κ1) is 23.0. The van der Waals surface area contributed by atoms with E-state index in [9.17, 15) is 33.6 Å². The van der Waals surface area contributed by atoms with Gasteiger partial charge in [-0.05, 0) is 34.4 Å². The molecular weight excluding hydrogens is 429 g/mol. The van der Waals surface area contributed by atoms with E-state index in [0.29, 0.717) is 36.3 Å². The molecule has 0 aromatic heterocycles. The van der Waals surface area contributed by atoms with Gasteiger partial charge >= 0.3 is 6.18 Å². The van der Waals surface area contributed by atoms with Crippen LogP contribution < -0.4 is 4.74 Å². The molecule has 0 spiro atoms. The zero-order valence-electron chi connectivity index (χ0n) is 17.3. The summed E-state index contributed by atoms with van der Waals surface area (Å²) < 4.78 is 49.7. The van der Waals surface area contributed by atoms with Crippen molar-refractivity contribution in [1.82, 2.24) is 0 Å². The van der Waals surface area contributed by atoms with Gasteiger partial charge in [-0.3, -0.25) is 0 Å². The normalized spacial score (nSPS) is 28.4. The van der Waals surface area contributed by atoms with Gasteiger partial charge < -0.3 is 29.9 Å². The molecule has 2 aromatic rings. The van der Waals surface area contributed by atoms with Crippen molar-refractivity contribution in [3.05, 3.63) is 64.2 Å². The van der Waals surface area contributed by atoms with Gasteiger partial charge in [-0.1, -0.05) is 31.2 Å². The van der Waals surface area contributed by atoms with Crippen LogP contribution in [-0.2, 0) is 23.8 Å². The van der Waals surface area contributed by atoms with E-state index < -0.39 is 48.4 Å². The number of aliphatic hydroxyl groups excluding tert-OH is 3. The van der Waals surface area contributed by atoms with Crippen molar-refractivity contribution in [2.24, 2.45) is 0 Å². The first-order valence-corrected chi connectivity index (χ1v) is 10.4. The summed E-state index contributed by atoms with van der Waals surface area (Å²) in [5, 5.41) is 40.8. The molecule has 2 heterocycles. The standard InChI is InChI=1S/C23H25F3O6/c1-12(22(30)21(29)19(28)18(11-27)32-22)15-9-14-6-7-31-20(14)16(10-15)8-13-2-4-17(5-3-13)23(24,25)26/h2-5,9-10,12,18-19,21,27-30H,6-8,11H2,1H3/t12-,18+,19+,21-,22-/m0/s1. The maximum absolute atomic E-state index is 12.9. The van der Waals surface area contributed by atoms with Gasteiger partial charge in [-0.15, -0.1) is 0 Å². The topological polar surface area (TPSA) is 99.4 Å². The predicted octanol–water partition coefficient (Wildman–Crippen LogP) is 2.14. The van der Waals surface area contributed by atoms with Crippen LogP contribution in [0.4, 0.5) is 13.2 Å². The Kier molecular flexibility index (Phi) is 5.98. The van der Waals surface area contributed by atoms with E-state index in [0.717, 1.165) is 23.3 Å². The smallest absolute Gasteiger partial charge is 0.416 e. The molecule has 2 aliphatic rings. The molecule has 1 saturated heterocycles. The largest absolute Gasteiger partial charge is 0.493 e. The summed E-state index contributed by atoms with van der Waals surface area (Å²) in [6, 6.07) is 8.49. The third-order valence-electron chi connectivity index (χ3n) is 6.33. The molecule has 174 valence electrons. The van der Waals surface area contributed by atoms with Crippen LogP contribution in [-0.4, -0.2) is 57.7 Å². The van der Waals surface area contributed by atoms with E-state index in [1.165, 1.54) is 12.1 Å². The molecule has 4 rings (SSSR count). The number of hydrogen-bond acceptors (Lipinski definition) is 6. The highest BCUT2D eigenvalue weighted by Gasteiger charge is 2.56. The summed E-state index contributed by atoms with van der Waals surface area (Å²) in [7, 11) is 0. The first-order valence-electron chi connectivity index (χ1n) is 10.4. The highest BCUT2D eigenvalue weighted by atomic mass is 19.4. The van der Waals surface area contributed by atoms with Crippen molar-refractivity contribution in [2.45, 2.75) is 56.0 Å². The summed E-state index contributed by atoms with van der Waals surface area (Å²) in [5.41, 5.74) is 2.16. The fourth-order valence-electron chi connectivity index (χ4n) is 4.40. The fourth-order valence-corrected chi connectivity index (χ4v) is 4.40. The van der Waals surface area contributed by atoms with Crippen molar-refractivity contribution in [2.75, 3.05) is 13.2 Å². The maximum atomic E-state index is 12.9. The Balaban J connectivity index is 1.65. The van der Waals surface area contributed by atoms with E-state index in [2.05, 4.69) is 0 Å². The van der Waals surface area contributed by atoms with E-state index >= 15 is 0 Å². The average molecular weight is 454 g/mol. The highest BCUT2D eigenvalue weighted by molar-refractivity contribution is 5.50. The molecule has 9 heteroatoms. The minimum absolute atomic E-state index is 0.310. The molecule has 0 unspecified atom stereocenters. The molecule has 0 saturated carbocycles. The van der Waals surface area contributed by atoms with Gasteiger partial charge in [-0.2, -0.15) is 13.2 Å². The highest BCUT2D eigenvalue weighted by Crippen LogP contribution is 2.43. The van der Waals surface area contributed by atoms with Crippen LogP contribution in [0.5, 0.6) is 5.75 Å². The van der Waals surface area contributed by atoms with Gasteiger partial charge in [0.25, 0.3) is 0 Å². The number of hydrogen-bond donors (Lipinski definition) is 4. The molecule has 1 fully saturated rings. The number of fused-ring (bicyclic) bond motifs is 1. The lowest BCUT2D eigenvalue weighted by Gasteiger charge is -2.33. The van der Waals surface area contributed by atoms with Crippen LogP contribution >= 0.6 is 0 Å². The summed E-state index contributed by atoms with van der Waals surface area (Å²) >= 11 is 0. The first-order chi connectivity index (χ1) is 15.0. The van der Waals surface area contributed by atoms with Gasteiger partial charge in [0.1, 0.15) is 24.1 Å². The third-order valence-corrected chi connectivity index (χ3v) is 6.33. The SMILES string of the molecule is C[C@@H](c1cc2c(c(Cc3ccc(C(F)(F)F)cc3)c1)OCC2)[C@]1(O)O[C@H](CO)[C@@H](O)[C@@H]1O. The molecule has 2 aromatic carbocycles. The molecule has 0 bridgehead atoms. The molecule has 4 N–H and O–H groups in total. The van der Waals surface area contributed by atoms with Gasteiger partial charge in [-0.25, -0.2) is 0 Å². The van der Waals surface area contributed by atoms with Gasteiger partial charge in [0.2, 0.25) is 5.79 Å². The van der Waals surface area contributed by atoms with Crippen LogP contribution in [0.1, 0.15) is 40.7 Å². The van der Waals surface area contributed by atoms with Crippen molar-refractivity contribution in [3.63, 3.8) is 0 Å². The number of halogens is 3. The molecular formula is C23H25F3O6. The summed E-state index contributed by atoms with van der Waals surface area (Å²) in [5.74, 6) is -2.23. The lowest BCUT2D eigenvalue weighted by atomic mass is 9.85. The Labute approximate surface area is 182 Å². The quantitative estimate of drug-likeness (QED) is 0.553. The molecule has 2 aliphatic heterocycles. The van der Waals surface area contributed by atoms with Gasteiger partial charge in [0.05, 0.1) is 18.8 Å². The van der Waals surface area contributed by atoms with Crippen LogP contribution in [0.2, 0.25) is 0 Å². The number of rotatable bonds is 5. The Morgan fingerprint density at radius 3 is 2.44 bits per heavy atom. The van der Waals surface area contributed by atoms with Crippen molar-refractivity contribution >= 4 is 0 Å². The lowest BCUT2D eigenvalue weighted by Crippen LogP contribution is -2.47. The number of aliphatic hydroxyl groups is 4. The molecule has 6 nitrogen and oxygen atoms in total. The third kappa shape index (κ3) is 3.99. The average Bonchev–Trinajstić information content (AvgIpc) is 3.32. The van der Waals surface area contributed by atoms with Gasteiger partial charge in [0, 0.05) is 18.8 Å². The van der Waals surface area contributed by atoms with E-state index in [1.807, 2.05) is 6.07 Å². The molecule has 0 aliphatic carbocycles. The summed E-state index contributed by atoms with van der Waals surface area (Å²) in [6.07, 6.45) is -7.67. The molecule has 0 amide bonds. The number of alkyl halides is 3. The van der Waals surface area contributed by atoms with Crippen LogP contribution in [0, 0.1) is 0 Å². The zero-order valence-corrected chi connectivity index (χ0v) is 17.3. The lowest BCUT2D eigenvalue weighted by molar-refractivity contribution is -0.242. The minimum atomic E-state index is -4.41. The Morgan fingerprint density at radius 2 is 1.84 bits per heavy atom. The van der Waals surface area contributed by atoms with E-state index in [-0.39, 0.29) is 0 Å². The monoisotopic (exact) mass is 454 g/mol. The molecule has 5 atom stereocenters. The van der Waals surface area contributed by atoms with Crippen LogP contribution in [0.15, 0.2) is 36.4 Å². The molecule has 32 heavy (non-hydrogen) atoms. The predicted molar refractivity (Wildman–Crippen MR) is 107 cm³/mol. The Morgan fingerprint density at radius 1 is 1.16 bits per heavy atom. The van der Waals surface area contributed by atoms with Crippen molar-refractivity contribution < 1.29 is 43.1 Å². The second-order valence-corrected chi connectivity index (χ2v) is 8.39. The van der Waals surface area contributed by atoms with Crippen LogP contribution in [0.3, 0.4) is 0 Å². The fraction of sp³-hybridized carbons (Fsp3) is 0.478. The van der Waals surface area contributed by atoms with E-state index in [1.54, 1.807) is 13.0 Å². The Hall–Kier alpha value is -2.17.